The first kappa shape index (κ1) is 19.5. The van der Waals surface area contributed by atoms with Crippen LogP contribution in [0.1, 0.15) is 62.6 Å². The summed E-state index contributed by atoms with van der Waals surface area (Å²) >= 11 is 5.31. The number of carbonyl (C=O) groups is 1. The molecular formula is C14H21BrIN3O3. The first-order valence-electron chi connectivity index (χ1n) is 7.54. The highest BCUT2D eigenvalue weighted by molar-refractivity contribution is 14.1. The maximum atomic E-state index is 11.9. The van der Waals surface area contributed by atoms with Crippen molar-refractivity contribution in [2.45, 2.75) is 57.8 Å². The average molecular weight is 486 g/mol. The Hall–Kier alpha value is -0.510. The number of H-pyrrole nitrogens is 1. The van der Waals surface area contributed by atoms with Gasteiger partial charge in [0.2, 0.25) is 0 Å². The highest BCUT2D eigenvalue weighted by Crippen LogP contribution is 2.10. The molecule has 1 rings (SSSR count). The van der Waals surface area contributed by atoms with Gasteiger partial charge in [-0.1, -0.05) is 61.1 Å². The van der Waals surface area contributed by atoms with Gasteiger partial charge in [0.25, 0.3) is 11.5 Å². The van der Waals surface area contributed by atoms with Crippen LogP contribution in [-0.2, 0) is 0 Å². The summed E-state index contributed by atoms with van der Waals surface area (Å²) in [5.41, 5.74) is -1.41. The molecule has 1 heterocycles. The minimum atomic E-state index is -0.784. The molecule has 1 aromatic rings. The number of carbonyl (C=O) groups excluding carboxylic acids is 1. The fourth-order valence-corrected chi connectivity index (χ4v) is 2.88. The monoisotopic (exact) mass is 485 g/mol. The van der Waals surface area contributed by atoms with Crippen LogP contribution in [0.25, 0.3) is 0 Å². The Morgan fingerprint density at radius 3 is 2.18 bits per heavy atom. The van der Waals surface area contributed by atoms with Gasteiger partial charge >= 0.3 is 5.69 Å². The molecule has 0 aromatic carbocycles. The molecule has 0 aliphatic heterocycles. The van der Waals surface area contributed by atoms with Crippen LogP contribution in [0.3, 0.4) is 0 Å². The molecule has 0 unspecified atom stereocenters. The van der Waals surface area contributed by atoms with E-state index in [0.717, 1.165) is 23.9 Å². The normalized spacial score (nSPS) is 10.8. The van der Waals surface area contributed by atoms with Gasteiger partial charge in [0.05, 0.1) is 0 Å². The van der Waals surface area contributed by atoms with Crippen LogP contribution < -0.4 is 11.2 Å². The quantitative estimate of drug-likeness (QED) is 0.313. The molecule has 0 saturated heterocycles. The van der Waals surface area contributed by atoms with Gasteiger partial charge in [-0.25, -0.2) is 4.79 Å². The predicted molar refractivity (Wildman–Crippen MR) is 97.9 cm³/mol. The Kier molecular flexibility index (Phi) is 9.85. The van der Waals surface area contributed by atoms with Crippen molar-refractivity contribution in [3.05, 3.63) is 25.4 Å². The first-order chi connectivity index (χ1) is 10.6. The summed E-state index contributed by atoms with van der Waals surface area (Å²) in [5.74, 6) is -0.385. The van der Waals surface area contributed by atoms with Gasteiger partial charge in [-0.2, -0.15) is 0 Å². The molecule has 0 atom stereocenters. The van der Waals surface area contributed by atoms with E-state index in [-0.39, 0.29) is 16.9 Å². The second kappa shape index (κ2) is 11.1. The van der Waals surface area contributed by atoms with Gasteiger partial charge in [-0.3, -0.25) is 14.6 Å². The highest BCUT2D eigenvalue weighted by atomic mass is 127. The summed E-state index contributed by atoms with van der Waals surface area (Å²) < 4.78 is 1.89. The molecule has 22 heavy (non-hydrogen) atoms. The molecule has 0 aliphatic rings. The number of aromatic nitrogens is 3. The average Bonchev–Trinajstić information content (AvgIpc) is 2.49. The highest BCUT2D eigenvalue weighted by Gasteiger charge is 2.11. The van der Waals surface area contributed by atoms with Crippen molar-refractivity contribution in [2.75, 3.05) is 4.43 Å². The lowest BCUT2D eigenvalue weighted by molar-refractivity contribution is 0.0873. The molecule has 1 N–H and O–H groups in total. The van der Waals surface area contributed by atoms with Crippen molar-refractivity contribution in [3.63, 3.8) is 0 Å². The van der Waals surface area contributed by atoms with Gasteiger partial charge in [0, 0.05) is 6.42 Å². The molecule has 0 spiro atoms. The number of hydrogen-bond donors (Lipinski definition) is 1. The molecule has 6 nitrogen and oxygen atoms in total. The molecule has 0 saturated carbocycles. The van der Waals surface area contributed by atoms with Crippen LogP contribution in [0, 0.1) is 0 Å². The number of nitrogens with one attached hydrogen (secondary N) is 1. The van der Waals surface area contributed by atoms with E-state index in [1.165, 1.54) is 36.5 Å². The Morgan fingerprint density at radius 1 is 1.05 bits per heavy atom. The first-order valence-corrected chi connectivity index (χ1v) is 9.86. The third-order valence-electron chi connectivity index (χ3n) is 3.30. The minimum Gasteiger partial charge on any atom is -0.272 e. The van der Waals surface area contributed by atoms with Gasteiger partial charge in [0.15, 0.2) is 4.60 Å². The topological polar surface area (TPSA) is 84.8 Å². The predicted octanol–water partition coefficient (Wildman–Crippen LogP) is 3.28. The zero-order valence-electron chi connectivity index (χ0n) is 12.4. The maximum absolute atomic E-state index is 11.9. The minimum absolute atomic E-state index is 0.0630. The lowest BCUT2D eigenvalue weighted by atomic mass is 10.1. The van der Waals surface area contributed by atoms with E-state index in [0.29, 0.717) is 0 Å². The zero-order chi connectivity index (χ0) is 16.4. The maximum Gasteiger partial charge on any atom is 0.352 e. The molecule has 124 valence electrons. The zero-order valence-corrected chi connectivity index (χ0v) is 16.2. The smallest absolute Gasteiger partial charge is 0.272 e. The Bertz CT molecular complexity index is 585. The third-order valence-corrected chi connectivity index (χ3v) is 4.58. The molecule has 0 bridgehead atoms. The second-order valence-corrected chi connectivity index (χ2v) is 6.95. The van der Waals surface area contributed by atoms with Crippen LogP contribution in [-0.4, -0.2) is 25.1 Å². The summed E-state index contributed by atoms with van der Waals surface area (Å²) in [6, 6.07) is 0. The number of alkyl halides is 1. The van der Waals surface area contributed by atoms with Crippen LogP contribution in [0.4, 0.5) is 0 Å². The van der Waals surface area contributed by atoms with E-state index in [1.807, 2.05) is 4.98 Å². The van der Waals surface area contributed by atoms with Crippen molar-refractivity contribution in [1.29, 1.82) is 0 Å². The fourth-order valence-electron chi connectivity index (χ4n) is 2.09. The summed E-state index contributed by atoms with van der Waals surface area (Å²) in [6.07, 6.45) is 9.40. The van der Waals surface area contributed by atoms with E-state index in [2.05, 4.69) is 43.6 Å². The summed E-state index contributed by atoms with van der Waals surface area (Å²) in [6.45, 7) is 0. The number of hydrogen-bond acceptors (Lipinski definition) is 4. The standard InChI is InChI=1S/C14H21BrIN3O3/c15-12-13(21)17-14(22)19(18-12)11(20)9-7-5-3-1-2-4-6-8-10-16/h1-10H2,(H,17,21,22). The van der Waals surface area contributed by atoms with Crippen LogP contribution in [0.2, 0.25) is 0 Å². The van der Waals surface area contributed by atoms with E-state index in [4.69, 9.17) is 0 Å². The van der Waals surface area contributed by atoms with Crippen LogP contribution >= 0.6 is 38.5 Å². The van der Waals surface area contributed by atoms with Crippen molar-refractivity contribution in [2.24, 2.45) is 0 Å². The van der Waals surface area contributed by atoms with Crippen LogP contribution in [0.5, 0.6) is 0 Å². The molecule has 0 amide bonds. The number of unbranched alkanes of at least 4 members (excludes halogenated alkanes) is 7. The van der Waals surface area contributed by atoms with E-state index in [9.17, 15) is 14.4 Å². The number of rotatable bonds is 10. The summed E-state index contributed by atoms with van der Waals surface area (Å²) in [7, 11) is 0. The largest absolute Gasteiger partial charge is 0.352 e. The SMILES string of the molecule is O=C(CCCCCCCCCCI)n1nc(Br)c(=O)[nH]c1=O. The Labute approximate surface area is 151 Å². The van der Waals surface area contributed by atoms with Gasteiger partial charge < -0.3 is 0 Å². The van der Waals surface area contributed by atoms with Crippen molar-refractivity contribution >= 4 is 44.4 Å². The van der Waals surface area contributed by atoms with E-state index in [1.54, 1.807) is 0 Å². The number of nitrogens with zero attached hydrogens (tertiary/aromatic N) is 2. The van der Waals surface area contributed by atoms with Crippen LogP contribution in [0.15, 0.2) is 14.2 Å². The molecule has 8 heteroatoms. The van der Waals surface area contributed by atoms with E-state index >= 15 is 0 Å². The summed E-state index contributed by atoms with van der Waals surface area (Å²) in [4.78, 5) is 36.6. The van der Waals surface area contributed by atoms with Crippen molar-refractivity contribution in [3.8, 4) is 0 Å². The third kappa shape index (κ3) is 7.17. The molecule has 1 aromatic heterocycles. The van der Waals surface area contributed by atoms with Crippen molar-refractivity contribution in [1.82, 2.24) is 14.8 Å². The van der Waals surface area contributed by atoms with Gasteiger partial charge in [0.1, 0.15) is 0 Å². The van der Waals surface area contributed by atoms with Crippen molar-refractivity contribution < 1.29 is 4.79 Å². The van der Waals surface area contributed by atoms with Gasteiger partial charge in [-0.15, -0.1) is 9.78 Å². The van der Waals surface area contributed by atoms with E-state index < -0.39 is 11.2 Å². The molecule has 0 radical (unpaired) electrons. The Balaban J connectivity index is 2.23. The number of aromatic amines is 1. The lowest BCUT2D eigenvalue weighted by Crippen LogP contribution is -2.36. The van der Waals surface area contributed by atoms with Gasteiger partial charge in [-0.05, 0) is 33.2 Å². The molecule has 0 aliphatic carbocycles. The summed E-state index contributed by atoms with van der Waals surface area (Å²) in [5, 5.41) is 3.66. The lowest BCUT2D eigenvalue weighted by Gasteiger charge is -2.03. The number of halogens is 2. The molecule has 0 fully saturated rings. The fraction of sp³-hybridized carbons (Fsp3) is 0.714. The molecular weight excluding hydrogens is 465 g/mol. The Morgan fingerprint density at radius 2 is 1.59 bits per heavy atom. The second-order valence-electron chi connectivity index (χ2n) is 5.12.